The van der Waals surface area contributed by atoms with Gasteiger partial charge in [-0.05, 0) is 19.1 Å². The summed E-state index contributed by atoms with van der Waals surface area (Å²) in [5, 5.41) is 2.82. The van der Waals surface area contributed by atoms with Gasteiger partial charge in [0.25, 0.3) is 0 Å². The fourth-order valence-corrected chi connectivity index (χ4v) is 1.75. The molecule has 0 spiro atoms. The van der Waals surface area contributed by atoms with E-state index in [0.29, 0.717) is 24.2 Å². The monoisotopic (exact) mass is 313 g/mol. The number of hydrogen-bond donors (Lipinski definition) is 1. The van der Waals surface area contributed by atoms with Crippen LogP contribution in [0.3, 0.4) is 0 Å². The first-order valence-electron chi connectivity index (χ1n) is 6.42. The largest absolute Gasteiger partial charge is 0.492 e. The lowest BCUT2D eigenvalue weighted by molar-refractivity contribution is -0.139. The van der Waals surface area contributed by atoms with Gasteiger partial charge in [0, 0.05) is 6.20 Å². The van der Waals surface area contributed by atoms with Crippen molar-refractivity contribution < 1.29 is 22.6 Å². The second-order valence-electron chi connectivity index (χ2n) is 4.17. The van der Waals surface area contributed by atoms with Gasteiger partial charge < -0.3 is 14.8 Å². The van der Waals surface area contributed by atoms with E-state index in [2.05, 4.69) is 20.0 Å². The van der Waals surface area contributed by atoms with Crippen LogP contribution in [0.4, 0.5) is 24.8 Å². The molecule has 0 saturated carbocycles. The molecule has 0 saturated heterocycles. The van der Waals surface area contributed by atoms with Crippen LogP contribution in [0.1, 0.15) is 12.5 Å². The maximum absolute atomic E-state index is 12.8. The zero-order chi connectivity index (χ0) is 16.2. The topological polar surface area (TPSA) is 56.3 Å². The molecule has 0 atom stereocenters. The van der Waals surface area contributed by atoms with Gasteiger partial charge >= 0.3 is 6.18 Å². The summed E-state index contributed by atoms with van der Waals surface area (Å²) in [6, 6.07) is 6.97. The van der Waals surface area contributed by atoms with Crippen LogP contribution >= 0.6 is 0 Å². The number of anilines is 2. The molecule has 0 aliphatic rings. The van der Waals surface area contributed by atoms with Gasteiger partial charge in [-0.15, -0.1) is 0 Å². The smallest absolute Gasteiger partial charge is 0.423 e. The highest BCUT2D eigenvalue weighted by atomic mass is 19.4. The summed E-state index contributed by atoms with van der Waals surface area (Å²) in [5.41, 5.74) is -0.482. The highest BCUT2D eigenvalue weighted by Gasteiger charge is 2.36. The fraction of sp³-hybridized carbons (Fsp3) is 0.286. The van der Waals surface area contributed by atoms with E-state index in [0.717, 1.165) is 7.11 Å². The van der Waals surface area contributed by atoms with Gasteiger partial charge in [0.1, 0.15) is 11.3 Å². The van der Waals surface area contributed by atoms with Gasteiger partial charge in [-0.1, -0.05) is 12.1 Å². The Labute approximate surface area is 125 Å². The van der Waals surface area contributed by atoms with Crippen molar-refractivity contribution in [3.05, 3.63) is 36.0 Å². The van der Waals surface area contributed by atoms with Gasteiger partial charge in [-0.25, -0.2) is 4.98 Å². The van der Waals surface area contributed by atoms with Crippen molar-refractivity contribution in [2.75, 3.05) is 19.0 Å². The Hall–Kier alpha value is -2.51. The van der Waals surface area contributed by atoms with Gasteiger partial charge in [-0.2, -0.15) is 18.2 Å². The van der Waals surface area contributed by atoms with E-state index in [1.807, 2.05) is 6.92 Å². The summed E-state index contributed by atoms with van der Waals surface area (Å²) >= 11 is 0. The quantitative estimate of drug-likeness (QED) is 0.913. The Morgan fingerprint density at radius 1 is 1.23 bits per heavy atom. The van der Waals surface area contributed by atoms with Crippen LogP contribution in [0, 0.1) is 0 Å². The number of alkyl halides is 3. The molecule has 118 valence electrons. The van der Waals surface area contributed by atoms with Crippen molar-refractivity contribution >= 4 is 11.6 Å². The zero-order valence-electron chi connectivity index (χ0n) is 11.9. The molecule has 0 aliphatic carbocycles. The van der Waals surface area contributed by atoms with Crippen molar-refractivity contribution in [3.8, 4) is 11.6 Å². The minimum Gasteiger partial charge on any atom is -0.492 e. The third-order valence-electron chi connectivity index (χ3n) is 2.69. The molecule has 0 bridgehead atoms. The first-order valence-corrected chi connectivity index (χ1v) is 6.42. The number of para-hydroxylation sites is 2. The number of nitrogens with zero attached hydrogens (tertiary/aromatic N) is 2. The summed E-state index contributed by atoms with van der Waals surface area (Å²) in [6.45, 7) is 2.28. The number of methoxy groups -OCH3 is 1. The van der Waals surface area contributed by atoms with Crippen molar-refractivity contribution in [1.82, 2.24) is 9.97 Å². The minimum atomic E-state index is -4.58. The molecule has 0 radical (unpaired) electrons. The number of ether oxygens (including phenoxy) is 2. The summed E-state index contributed by atoms with van der Waals surface area (Å²) < 4.78 is 48.4. The number of nitrogens with one attached hydrogen (secondary N) is 1. The fourth-order valence-electron chi connectivity index (χ4n) is 1.75. The van der Waals surface area contributed by atoms with Crippen LogP contribution in [0.25, 0.3) is 0 Å². The average Bonchev–Trinajstić information content (AvgIpc) is 2.48. The van der Waals surface area contributed by atoms with E-state index >= 15 is 0 Å². The van der Waals surface area contributed by atoms with Crippen LogP contribution in [0.5, 0.6) is 11.6 Å². The third kappa shape index (κ3) is 3.57. The number of hydrogen-bond acceptors (Lipinski definition) is 5. The number of benzene rings is 1. The van der Waals surface area contributed by atoms with E-state index in [-0.39, 0.29) is 5.95 Å². The third-order valence-corrected chi connectivity index (χ3v) is 2.69. The molecule has 2 rings (SSSR count). The molecule has 2 aromatic rings. The van der Waals surface area contributed by atoms with Gasteiger partial charge in [-0.3, -0.25) is 0 Å². The van der Waals surface area contributed by atoms with Gasteiger partial charge in [0.05, 0.1) is 19.4 Å². The summed E-state index contributed by atoms with van der Waals surface area (Å²) in [4.78, 5) is 7.41. The molecule has 22 heavy (non-hydrogen) atoms. The Kier molecular flexibility index (Phi) is 4.69. The second-order valence-corrected chi connectivity index (χ2v) is 4.17. The van der Waals surface area contributed by atoms with Crippen LogP contribution in [-0.4, -0.2) is 23.7 Å². The lowest BCUT2D eigenvalue weighted by Gasteiger charge is -2.13. The number of halogens is 3. The Morgan fingerprint density at radius 3 is 2.59 bits per heavy atom. The Morgan fingerprint density at radius 2 is 1.95 bits per heavy atom. The Bertz CT molecular complexity index is 647. The molecule has 1 N–H and O–H groups in total. The maximum atomic E-state index is 12.8. The van der Waals surface area contributed by atoms with Crippen LogP contribution < -0.4 is 14.8 Å². The summed E-state index contributed by atoms with van der Waals surface area (Å²) in [6.07, 6.45) is -3.90. The molecule has 1 aromatic heterocycles. The van der Waals surface area contributed by atoms with Crippen molar-refractivity contribution in [2.24, 2.45) is 0 Å². The lowest BCUT2D eigenvalue weighted by Crippen LogP contribution is -2.11. The molecule has 0 amide bonds. The molecule has 8 heteroatoms. The lowest BCUT2D eigenvalue weighted by atomic mass is 10.3. The maximum Gasteiger partial charge on any atom is 0.423 e. The predicted octanol–water partition coefficient (Wildman–Crippen LogP) is 3.65. The molecular weight excluding hydrogens is 299 g/mol. The van der Waals surface area contributed by atoms with Crippen molar-refractivity contribution in [1.29, 1.82) is 0 Å². The van der Waals surface area contributed by atoms with Crippen molar-refractivity contribution in [3.63, 3.8) is 0 Å². The van der Waals surface area contributed by atoms with E-state index in [4.69, 9.17) is 4.74 Å². The molecule has 1 aromatic carbocycles. The molecule has 0 fully saturated rings. The minimum absolute atomic E-state index is 0.0167. The SMILES string of the molecule is CCOc1ccccc1Nc1ncc(C(F)(F)F)c(OC)n1. The van der Waals surface area contributed by atoms with E-state index in [1.54, 1.807) is 24.3 Å². The predicted molar refractivity (Wildman–Crippen MR) is 74.5 cm³/mol. The highest BCUT2D eigenvalue weighted by molar-refractivity contribution is 5.62. The van der Waals surface area contributed by atoms with Gasteiger partial charge in [0.15, 0.2) is 0 Å². The second kappa shape index (κ2) is 6.50. The molecule has 0 unspecified atom stereocenters. The molecule has 5 nitrogen and oxygen atoms in total. The summed E-state index contributed by atoms with van der Waals surface area (Å²) in [7, 11) is 1.12. The van der Waals surface area contributed by atoms with E-state index in [1.165, 1.54) is 0 Å². The molecule has 1 heterocycles. The number of aromatic nitrogens is 2. The normalized spacial score (nSPS) is 11.1. The van der Waals surface area contributed by atoms with Crippen LogP contribution in [-0.2, 0) is 6.18 Å². The first-order chi connectivity index (χ1) is 10.5. The zero-order valence-corrected chi connectivity index (χ0v) is 11.9. The highest BCUT2D eigenvalue weighted by Crippen LogP contribution is 2.35. The van der Waals surface area contributed by atoms with Crippen LogP contribution in [0.2, 0.25) is 0 Å². The van der Waals surface area contributed by atoms with Crippen LogP contribution in [0.15, 0.2) is 30.5 Å². The summed E-state index contributed by atoms with van der Waals surface area (Å²) in [5.74, 6) is -0.0108. The molecule has 0 aliphatic heterocycles. The van der Waals surface area contributed by atoms with Gasteiger partial charge in [0.2, 0.25) is 11.8 Å². The van der Waals surface area contributed by atoms with E-state index in [9.17, 15) is 13.2 Å². The Balaban J connectivity index is 2.31. The first kappa shape index (κ1) is 15.9. The van der Waals surface area contributed by atoms with Crippen molar-refractivity contribution in [2.45, 2.75) is 13.1 Å². The van der Waals surface area contributed by atoms with E-state index < -0.39 is 17.6 Å². The number of rotatable bonds is 5. The standard InChI is InChI=1S/C14H14F3N3O2/c1-3-22-11-7-5-4-6-10(11)19-13-18-8-9(14(15,16)17)12(20-13)21-2/h4-8H,3H2,1-2H3,(H,18,19,20). The molecular formula is C14H14F3N3O2. The average molecular weight is 313 g/mol.